The molecule has 3 heterocycles. The summed E-state index contributed by atoms with van der Waals surface area (Å²) >= 11 is 5.95. The van der Waals surface area contributed by atoms with Gasteiger partial charge in [0.25, 0.3) is 0 Å². The first kappa shape index (κ1) is 13.4. The Bertz CT molecular complexity index is 655. The highest BCUT2D eigenvalue weighted by Crippen LogP contribution is 2.26. The predicted molar refractivity (Wildman–Crippen MR) is 75.8 cm³/mol. The number of hydrogen-bond donors (Lipinski definition) is 1. The van der Waals surface area contributed by atoms with Crippen molar-refractivity contribution in [2.75, 3.05) is 6.54 Å². The molecule has 0 saturated carbocycles. The van der Waals surface area contributed by atoms with E-state index in [1.165, 1.54) is 0 Å². The minimum atomic E-state index is -0.707. The summed E-state index contributed by atoms with van der Waals surface area (Å²) in [5.41, 5.74) is 1.79. The molecule has 1 fully saturated rings. The highest BCUT2D eigenvalue weighted by molar-refractivity contribution is 6.30. The van der Waals surface area contributed by atoms with Crippen LogP contribution < -0.4 is 0 Å². The fourth-order valence-electron chi connectivity index (χ4n) is 2.86. The first-order chi connectivity index (χ1) is 9.54. The molecule has 2 aromatic heterocycles. The van der Waals surface area contributed by atoms with Crippen LogP contribution in [0.3, 0.4) is 0 Å². The van der Waals surface area contributed by atoms with E-state index in [-0.39, 0.29) is 12.0 Å². The number of rotatable bonds is 3. The normalized spacial score (nSPS) is 23.5. The van der Waals surface area contributed by atoms with E-state index in [1.54, 1.807) is 0 Å². The molecule has 1 N–H and O–H groups in total. The molecule has 20 heavy (non-hydrogen) atoms. The number of pyridine rings is 1. The van der Waals surface area contributed by atoms with Crippen LogP contribution in [0.15, 0.2) is 24.5 Å². The quantitative estimate of drug-likeness (QED) is 0.943. The first-order valence-electron chi connectivity index (χ1n) is 6.64. The Kier molecular flexibility index (Phi) is 3.40. The molecular formula is C14H16ClN3O2. The summed E-state index contributed by atoms with van der Waals surface area (Å²) in [5.74, 6) is -0.983. The summed E-state index contributed by atoms with van der Waals surface area (Å²) in [4.78, 5) is 17.8. The number of fused-ring (bicyclic) bond motifs is 1. The third-order valence-corrected chi connectivity index (χ3v) is 4.26. The molecule has 0 bridgehead atoms. The summed E-state index contributed by atoms with van der Waals surface area (Å²) in [6, 6.07) is 3.73. The van der Waals surface area contributed by atoms with E-state index < -0.39 is 5.97 Å². The molecule has 2 aromatic rings. The number of aliphatic carboxylic acids is 1. The third-order valence-electron chi connectivity index (χ3n) is 4.03. The van der Waals surface area contributed by atoms with Gasteiger partial charge in [-0.3, -0.25) is 9.69 Å². The zero-order valence-electron chi connectivity index (χ0n) is 11.2. The Labute approximate surface area is 121 Å². The molecule has 3 rings (SSSR count). The maximum Gasteiger partial charge on any atom is 0.308 e. The zero-order chi connectivity index (χ0) is 14.3. The van der Waals surface area contributed by atoms with E-state index in [0.29, 0.717) is 18.0 Å². The number of nitrogens with zero attached hydrogens (tertiary/aromatic N) is 3. The molecule has 1 aliphatic rings. The largest absolute Gasteiger partial charge is 0.481 e. The van der Waals surface area contributed by atoms with Crippen LogP contribution in [0.4, 0.5) is 0 Å². The second-order valence-corrected chi connectivity index (χ2v) is 5.73. The molecule has 1 aliphatic heterocycles. The van der Waals surface area contributed by atoms with Crippen LogP contribution in [0.5, 0.6) is 0 Å². The minimum Gasteiger partial charge on any atom is -0.481 e. The van der Waals surface area contributed by atoms with Crippen molar-refractivity contribution in [3.63, 3.8) is 0 Å². The van der Waals surface area contributed by atoms with Gasteiger partial charge in [-0.1, -0.05) is 11.6 Å². The molecule has 0 aliphatic carbocycles. The summed E-state index contributed by atoms with van der Waals surface area (Å²) in [7, 11) is 0. The number of hydrogen-bond acceptors (Lipinski definition) is 3. The molecule has 1 saturated heterocycles. The SMILES string of the molecule is CC1C(C(=O)O)CCN1Cc1cn2cc(Cl)ccc2n1. The number of carboxylic acids is 1. The lowest BCUT2D eigenvalue weighted by molar-refractivity contribution is -0.142. The number of imidazole rings is 1. The maximum atomic E-state index is 11.1. The molecule has 6 heteroatoms. The van der Waals surface area contributed by atoms with Crippen molar-refractivity contribution >= 4 is 23.2 Å². The molecule has 0 aromatic carbocycles. The Hall–Kier alpha value is -1.59. The monoisotopic (exact) mass is 293 g/mol. The standard InChI is InChI=1S/C14H16ClN3O2/c1-9-12(14(19)20)4-5-17(9)7-11-8-18-6-10(15)2-3-13(18)16-11/h2-3,6,8-9,12H,4-5,7H2,1H3,(H,19,20). The highest BCUT2D eigenvalue weighted by Gasteiger charge is 2.35. The third kappa shape index (κ3) is 2.39. The van der Waals surface area contributed by atoms with Gasteiger partial charge in [-0.05, 0) is 32.0 Å². The van der Waals surface area contributed by atoms with Crippen LogP contribution in [0.25, 0.3) is 5.65 Å². The Balaban J connectivity index is 1.78. The second kappa shape index (κ2) is 5.07. The van der Waals surface area contributed by atoms with E-state index in [1.807, 2.05) is 35.9 Å². The van der Waals surface area contributed by atoms with Gasteiger partial charge in [-0.25, -0.2) is 4.98 Å². The van der Waals surface area contributed by atoms with Crippen molar-refractivity contribution in [1.82, 2.24) is 14.3 Å². The van der Waals surface area contributed by atoms with Gasteiger partial charge >= 0.3 is 5.97 Å². The number of likely N-dealkylation sites (tertiary alicyclic amines) is 1. The van der Waals surface area contributed by atoms with E-state index in [2.05, 4.69) is 9.88 Å². The van der Waals surface area contributed by atoms with Gasteiger partial charge in [0.1, 0.15) is 5.65 Å². The van der Waals surface area contributed by atoms with Crippen molar-refractivity contribution in [1.29, 1.82) is 0 Å². The number of carboxylic acid groups (broad SMARTS) is 1. The Morgan fingerprint density at radius 2 is 2.30 bits per heavy atom. The van der Waals surface area contributed by atoms with Gasteiger partial charge in [0.05, 0.1) is 16.6 Å². The fraction of sp³-hybridized carbons (Fsp3) is 0.429. The van der Waals surface area contributed by atoms with Gasteiger partial charge in [-0.2, -0.15) is 0 Å². The number of halogens is 1. The van der Waals surface area contributed by atoms with Crippen LogP contribution in [0.1, 0.15) is 19.0 Å². The highest BCUT2D eigenvalue weighted by atomic mass is 35.5. The number of aromatic nitrogens is 2. The smallest absolute Gasteiger partial charge is 0.308 e. The molecule has 2 atom stereocenters. The minimum absolute atomic E-state index is 0.0425. The Morgan fingerprint density at radius 3 is 3.00 bits per heavy atom. The van der Waals surface area contributed by atoms with Crippen molar-refractivity contribution in [2.45, 2.75) is 25.9 Å². The predicted octanol–water partition coefficient (Wildman–Crippen LogP) is 2.28. The molecule has 0 radical (unpaired) electrons. The van der Waals surface area contributed by atoms with Gasteiger partial charge in [0, 0.05) is 25.0 Å². The number of carbonyl (C=O) groups is 1. The zero-order valence-corrected chi connectivity index (χ0v) is 11.9. The van der Waals surface area contributed by atoms with Gasteiger partial charge < -0.3 is 9.51 Å². The summed E-state index contributed by atoms with van der Waals surface area (Å²) in [6.07, 6.45) is 4.47. The summed E-state index contributed by atoms with van der Waals surface area (Å²) in [6.45, 7) is 3.44. The van der Waals surface area contributed by atoms with Crippen molar-refractivity contribution in [3.05, 3.63) is 35.2 Å². The van der Waals surface area contributed by atoms with Crippen molar-refractivity contribution < 1.29 is 9.90 Å². The topological polar surface area (TPSA) is 57.8 Å². The average molecular weight is 294 g/mol. The molecule has 5 nitrogen and oxygen atoms in total. The van der Waals surface area contributed by atoms with Crippen LogP contribution in [-0.4, -0.2) is 37.9 Å². The van der Waals surface area contributed by atoms with Crippen LogP contribution in [0, 0.1) is 5.92 Å². The second-order valence-electron chi connectivity index (χ2n) is 5.29. The molecule has 2 unspecified atom stereocenters. The Morgan fingerprint density at radius 1 is 1.50 bits per heavy atom. The lowest BCUT2D eigenvalue weighted by atomic mass is 10.0. The first-order valence-corrected chi connectivity index (χ1v) is 7.02. The molecule has 0 spiro atoms. The van der Waals surface area contributed by atoms with Crippen molar-refractivity contribution in [2.24, 2.45) is 5.92 Å². The van der Waals surface area contributed by atoms with Gasteiger partial charge in [0.2, 0.25) is 0 Å². The van der Waals surface area contributed by atoms with E-state index >= 15 is 0 Å². The summed E-state index contributed by atoms with van der Waals surface area (Å²) in [5, 5.41) is 9.82. The fourth-order valence-corrected chi connectivity index (χ4v) is 3.03. The van der Waals surface area contributed by atoms with E-state index in [4.69, 9.17) is 16.7 Å². The lowest BCUT2D eigenvalue weighted by Crippen LogP contribution is -2.32. The lowest BCUT2D eigenvalue weighted by Gasteiger charge is -2.21. The van der Waals surface area contributed by atoms with Gasteiger partial charge in [0.15, 0.2) is 0 Å². The summed E-state index contributed by atoms with van der Waals surface area (Å²) < 4.78 is 1.90. The molecular weight excluding hydrogens is 278 g/mol. The van der Waals surface area contributed by atoms with Crippen LogP contribution in [-0.2, 0) is 11.3 Å². The van der Waals surface area contributed by atoms with Crippen molar-refractivity contribution in [3.8, 4) is 0 Å². The van der Waals surface area contributed by atoms with Gasteiger partial charge in [-0.15, -0.1) is 0 Å². The average Bonchev–Trinajstić information content (AvgIpc) is 2.93. The molecule has 0 amide bonds. The van der Waals surface area contributed by atoms with Crippen LogP contribution in [0.2, 0.25) is 5.02 Å². The van der Waals surface area contributed by atoms with E-state index in [0.717, 1.165) is 17.9 Å². The maximum absolute atomic E-state index is 11.1. The molecule has 106 valence electrons. The van der Waals surface area contributed by atoms with E-state index in [9.17, 15) is 4.79 Å². The van der Waals surface area contributed by atoms with Crippen LogP contribution >= 0.6 is 11.6 Å².